The molecule has 3 aromatic heterocycles. The van der Waals surface area contributed by atoms with E-state index in [0.29, 0.717) is 5.15 Å². The molecule has 3 aromatic rings. The Morgan fingerprint density at radius 2 is 2.24 bits per heavy atom. The second kappa shape index (κ2) is 3.97. The molecule has 0 unspecified atom stereocenters. The van der Waals surface area contributed by atoms with E-state index in [-0.39, 0.29) is 0 Å². The van der Waals surface area contributed by atoms with Crippen LogP contribution in [0.2, 0.25) is 5.15 Å². The van der Waals surface area contributed by atoms with Gasteiger partial charge in [-0.25, -0.2) is 4.98 Å². The van der Waals surface area contributed by atoms with Gasteiger partial charge in [0, 0.05) is 30.9 Å². The molecule has 0 aliphatic heterocycles. The minimum absolute atomic E-state index is 0.538. The van der Waals surface area contributed by atoms with E-state index in [4.69, 9.17) is 11.6 Å². The highest BCUT2D eigenvalue weighted by atomic mass is 35.5. The van der Waals surface area contributed by atoms with Crippen molar-refractivity contribution in [1.82, 2.24) is 24.5 Å². The van der Waals surface area contributed by atoms with Crippen LogP contribution < -0.4 is 0 Å². The molecule has 5 nitrogen and oxygen atoms in total. The SMILES string of the molecule is Cn1nccc1-c1cc(Cl)n(-c2nccs2)n1. The molecule has 0 N–H and O–H groups in total. The summed E-state index contributed by atoms with van der Waals surface area (Å²) in [6, 6.07) is 3.70. The van der Waals surface area contributed by atoms with Crippen LogP contribution in [-0.2, 0) is 7.05 Å². The van der Waals surface area contributed by atoms with Crippen LogP contribution in [0.25, 0.3) is 16.5 Å². The Bertz CT molecular complexity index is 640. The lowest BCUT2D eigenvalue weighted by Crippen LogP contribution is -1.97. The maximum absolute atomic E-state index is 6.14. The fourth-order valence-corrected chi connectivity index (χ4v) is 2.44. The van der Waals surface area contributed by atoms with Gasteiger partial charge in [0.1, 0.15) is 10.8 Å². The molecule has 0 radical (unpaired) electrons. The number of hydrogen-bond acceptors (Lipinski definition) is 4. The third-order valence-corrected chi connectivity index (χ3v) is 3.37. The van der Waals surface area contributed by atoms with E-state index in [2.05, 4.69) is 15.2 Å². The molecule has 0 saturated heterocycles. The molecular weight excluding hydrogens is 258 g/mol. The number of aryl methyl sites for hydroxylation is 1. The van der Waals surface area contributed by atoms with Gasteiger partial charge in [0.2, 0.25) is 5.13 Å². The van der Waals surface area contributed by atoms with Gasteiger partial charge >= 0.3 is 0 Å². The highest BCUT2D eigenvalue weighted by Crippen LogP contribution is 2.24. The van der Waals surface area contributed by atoms with E-state index in [1.54, 1.807) is 27.8 Å². The lowest BCUT2D eigenvalue weighted by atomic mass is 10.3. The Balaban J connectivity index is 2.11. The molecule has 3 heterocycles. The fourth-order valence-electron chi connectivity index (χ4n) is 1.56. The summed E-state index contributed by atoms with van der Waals surface area (Å²) in [5.41, 5.74) is 1.70. The largest absolute Gasteiger partial charge is 0.266 e. The van der Waals surface area contributed by atoms with Gasteiger partial charge in [-0.3, -0.25) is 4.68 Å². The second-order valence-electron chi connectivity index (χ2n) is 3.42. The van der Waals surface area contributed by atoms with Gasteiger partial charge in [-0.1, -0.05) is 11.6 Å². The molecular formula is C10H8ClN5S. The smallest absolute Gasteiger partial charge is 0.211 e. The molecule has 0 aromatic carbocycles. The summed E-state index contributed by atoms with van der Waals surface area (Å²) < 4.78 is 3.37. The van der Waals surface area contributed by atoms with E-state index in [1.165, 1.54) is 11.3 Å². The van der Waals surface area contributed by atoms with Crippen LogP contribution in [-0.4, -0.2) is 24.5 Å². The monoisotopic (exact) mass is 265 g/mol. The standard InChI is InChI=1S/C10H8ClN5S/c1-15-8(2-3-13-15)7-6-9(11)16(14-7)10-12-4-5-17-10/h2-6H,1H3. The van der Waals surface area contributed by atoms with E-state index < -0.39 is 0 Å². The summed E-state index contributed by atoms with van der Waals surface area (Å²) in [6.45, 7) is 0. The number of halogens is 1. The molecule has 0 amide bonds. The van der Waals surface area contributed by atoms with Crippen LogP contribution in [0, 0.1) is 0 Å². The van der Waals surface area contributed by atoms with Crippen molar-refractivity contribution in [3.63, 3.8) is 0 Å². The van der Waals surface area contributed by atoms with Crippen LogP contribution in [0.1, 0.15) is 0 Å². The van der Waals surface area contributed by atoms with E-state index in [9.17, 15) is 0 Å². The average molecular weight is 266 g/mol. The fraction of sp³-hybridized carbons (Fsp3) is 0.100. The molecule has 86 valence electrons. The molecule has 0 aliphatic carbocycles. The molecule has 0 saturated carbocycles. The van der Waals surface area contributed by atoms with Crippen LogP contribution >= 0.6 is 22.9 Å². The number of hydrogen-bond donors (Lipinski definition) is 0. The predicted octanol–water partition coefficient (Wildman–Crippen LogP) is 2.38. The molecule has 7 heteroatoms. The average Bonchev–Trinajstić information content (AvgIpc) is 2.97. The first kappa shape index (κ1) is 10.5. The molecule has 0 aliphatic rings. The van der Waals surface area contributed by atoms with Gasteiger partial charge in [-0.05, 0) is 6.07 Å². The number of nitrogens with zero attached hydrogens (tertiary/aromatic N) is 5. The van der Waals surface area contributed by atoms with Gasteiger partial charge in [-0.2, -0.15) is 14.9 Å². The molecule has 0 bridgehead atoms. The van der Waals surface area contributed by atoms with Crippen molar-refractivity contribution in [3.05, 3.63) is 35.1 Å². The van der Waals surface area contributed by atoms with Crippen molar-refractivity contribution < 1.29 is 0 Å². The Morgan fingerprint density at radius 3 is 2.88 bits per heavy atom. The normalized spacial score (nSPS) is 10.9. The van der Waals surface area contributed by atoms with Crippen molar-refractivity contribution in [2.45, 2.75) is 0 Å². The molecule has 0 fully saturated rings. The first-order chi connectivity index (χ1) is 8.25. The molecule has 17 heavy (non-hydrogen) atoms. The van der Waals surface area contributed by atoms with E-state index >= 15 is 0 Å². The molecule has 3 rings (SSSR count). The van der Waals surface area contributed by atoms with Gasteiger partial charge < -0.3 is 0 Å². The van der Waals surface area contributed by atoms with Crippen molar-refractivity contribution in [2.24, 2.45) is 7.05 Å². The third-order valence-electron chi connectivity index (χ3n) is 2.35. The first-order valence-electron chi connectivity index (χ1n) is 4.89. The lowest BCUT2D eigenvalue weighted by Gasteiger charge is -1.97. The highest BCUT2D eigenvalue weighted by Gasteiger charge is 2.12. The van der Waals surface area contributed by atoms with Crippen molar-refractivity contribution in [2.75, 3.05) is 0 Å². The summed E-state index contributed by atoms with van der Waals surface area (Å²) in [4.78, 5) is 4.18. The number of thiazole rings is 1. The Kier molecular flexibility index (Phi) is 2.45. The summed E-state index contributed by atoms with van der Waals surface area (Å²) in [6.07, 6.45) is 3.45. The van der Waals surface area contributed by atoms with Gasteiger partial charge in [-0.15, -0.1) is 11.3 Å². The van der Waals surface area contributed by atoms with Crippen molar-refractivity contribution in [1.29, 1.82) is 0 Å². The predicted molar refractivity (Wildman–Crippen MR) is 66.4 cm³/mol. The topological polar surface area (TPSA) is 48.5 Å². The maximum atomic E-state index is 6.14. The zero-order chi connectivity index (χ0) is 11.8. The van der Waals surface area contributed by atoms with Crippen LogP contribution in [0.5, 0.6) is 0 Å². The minimum Gasteiger partial charge on any atom is -0.266 e. The van der Waals surface area contributed by atoms with Gasteiger partial charge in [0.15, 0.2) is 0 Å². The van der Waals surface area contributed by atoms with Crippen LogP contribution in [0.3, 0.4) is 0 Å². The van der Waals surface area contributed by atoms with E-state index in [0.717, 1.165) is 16.5 Å². The van der Waals surface area contributed by atoms with E-state index in [1.807, 2.05) is 18.5 Å². The molecule has 0 spiro atoms. The van der Waals surface area contributed by atoms with Crippen molar-refractivity contribution in [3.8, 4) is 16.5 Å². The summed E-state index contributed by atoms with van der Waals surface area (Å²) in [7, 11) is 1.87. The second-order valence-corrected chi connectivity index (χ2v) is 4.68. The number of aromatic nitrogens is 5. The Morgan fingerprint density at radius 1 is 1.35 bits per heavy atom. The minimum atomic E-state index is 0.538. The Hall–Kier alpha value is -1.66. The summed E-state index contributed by atoms with van der Waals surface area (Å²) in [5, 5.41) is 11.7. The first-order valence-corrected chi connectivity index (χ1v) is 6.15. The van der Waals surface area contributed by atoms with Crippen molar-refractivity contribution >= 4 is 22.9 Å². The lowest BCUT2D eigenvalue weighted by molar-refractivity contribution is 0.769. The number of rotatable bonds is 2. The summed E-state index contributed by atoms with van der Waals surface area (Å²) >= 11 is 7.63. The Labute approximate surface area is 106 Å². The zero-order valence-corrected chi connectivity index (χ0v) is 10.5. The maximum Gasteiger partial charge on any atom is 0.211 e. The van der Waals surface area contributed by atoms with Crippen LogP contribution in [0.15, 0.2) is 29.9 Å². The van der Waals surface area contributed by atoms with Gasteiger partial charge in [0.25, 0.3) is 0 Å². The quantitative estimate of drug-likeness (QED) is 0.715. The summed E-state index contributed by atoms with van der Waals surface area (Å²) in [5.74, 6) is 0. The van der Waals surface area contributed by atoms with Gasteiger partial charge in [0.05, 0.1) is 5.69 Å². The molecule has 0 atom stereocenters. The third kappa shape index (κ3) is 1.75. The van der Waals surface area contributed by atoms with Crippen LogP contribution in [0.4, 0.5) is 0 Å². The highest BCUT2D eigenvalue weighted by molar-refractivity contribution is 7.12. The zero-order valence-electron chi connectivity index (χ0n) is 8.91.